The van der Waals surface area contributed by atoms with Crippen molar-refractivity contribution in [3.63, 3.8) is 0 Å². The van der Waals surface area contributed by atoms with Gasteiger partial charge >= 0.3 is 0 Å². The third kappa shape index (κ3) is 5.56. The Hall–Kier alpha value is -2.02. The van der Waals surface area contributed by atoms with E-state index in [1.54, 1.807) is 16.8 Å². The monoisotopic (exact) mass is 427 g/mol. The van der Waals surface area contributed by atoms with Gasteiger partial charge in [0, 0.05) is 46.6 Å². The van der Waals surface area contributed by atoms with Gasteiger partial charge in [-0.15, -0.1) is 0 Å². The Morgan fingerprint density at radius 2 is 1.87 bits per heavy atom. The molecular weight excluding hydrogens is 394 g/mol. The van der Waals surface area contributed by atoms with Crippen LogP contribution >= 0.6 is 11.9 Å². The SMILES string of the molecule is CCN(C)CCN(C=O)c1ccc2c(c1)oc1ccc(SNC(C)CC(C)C)cc12. The molecular formula is C24H33N3O2S. The van der Waals surface area contributed by atoms with Gasteiger partial charge in [0.15, 0.2) is 0 Å². The third-order valence-corrected chi connectivity index (χ3v) is 6.36. The number of carbonyl (C=O) groups is 1. The van der Waals surface area contributed by atoms with E-state index in [9.17, 15) is 4.79 Å². The van der Waals surface area contributed by atoms with Crippen LogP contribution in [-0.4, -0.2) is 44.0 Å². The van der Waals surface area contributed by atoms with Gasteiger partial charge in [0.05, 0.1) is 0 Å². The van der Waals surface area contributed by atoms with Gasteiger partial charge in [0.25, 0.3) is 0 Å². The first kappa shape index (κ1) is 22.7. The summed E-state index contributed by atoms with van der Waals surface area (Å²) >= 11 is 1.67. The van der Waals surface area contributed by atoms with E-state index < -0.39 is 0 Å². The number of carbonyl (C=O) groups excluding carboxylic acids is 1. The number of benzene rings is 2. The molecule has 3 aromatic rings. The Labute approximate surface area is 183 Å². The summed E-state index contributed by atoms with van der Waals surface area (Å²) in [6, 6.07) is 12.8. The highest BCUT2D eigenvalue weighted by Crippen LogP contribution is 2.33. The normalized spacial score (nSPS) is 12.9. The molecule has 162 valence electrons. The summed E-state index contributed by atoms with van der Waals surface area (Å²) in [5, 5.41) is 2.17. The molecule has 0 aliphatic rings. The van der Waals surface area contributed by atoms with Crippen molar-refractivity contribution < 1.29 is 9.21 Å². The minimum Gasteiger partial charge on any atom is -0.456 e. The van der Waals surface area contributed by atoms with E-state index in [1.807, 2.05) is 18.2 Å². The van der Waals surface area contributed by atoms with Crippen molar-refractivity contribution >= 4 is 46.0 Å². The van der Waals surface area contributed by atoms with Crippen LogP contribution in [0.2, 0.25) is 0 Å². The number of hydrogen-bond donors (Lipinski definition) is 1. The Kier molecular flexibility index (Phi) is 7.81. The third-order valence-electron chi connectivity index (χ3n) is 5.35. The molecule has 6 heteroatoms. The first-order chi connectivity index (χ1) is 14.4. The molecule has 1 unspecified atom stereocenters. The topological polar surface area (TPSA) is 48.7 Å². The van der Waals surface area contributed by atoms with Crippen LogP contribution in [0.5, 0.6) is 0 Å². The quantitative estimate of drug-likeness (QED) is 0.322. The second-order valence-corrected chi connectivity index (χ2v) is 9.30. The van der Waals surface area contributed by atoms with Gasteiger partial charge in [-0.3, -0.25) is 9.52 Å². The number of anilines is 1. The Bertz CT molecular complexity index is 985. The molecule has 0 bridgehead atoms. The van der Waals surface area contributed by atoms with Gasteiger partial charge in [0.2, 0.25) is 6.41 Å². The van der Waals surface area contributed by atoms with E-state index in [0.29, 0.717) is 18.5 Å². The second kappa shape index (κ2) is 10.3. The zero-order chi connectivity index (χ0) is 21.7. The Morgan fingerprint density at radius 3 is 2.57 bits per heavy atom. The van der Waals surface area contributed by atoms with Gasteiger partial charge in [0.1, 0.15) is 11.2 Å². The van der Waals surface area contributed by atoms with E-state index in [1.165, 1.54) is 4.90 Å². The standard InChI is InChI=1S/C24H33N3O2S/c1-6-26(5)11-12-27(16-28)19-7-9-21-22-15-20(30-25-18(4)13-17(2)3)8-10-23(22)29-24(21)14-19/h7-10,14-18,25H,6,11-13H2,1-5H3. The number of furan rings is 1. The van der Waals surface area contributed by atoms with Crippen molar-refractivity contribution in [2.75, 3.05) is 31.6 Å². The van der Waals surface area contributed by atoms with Gasteiger partial charge in [-0.05, 0) is 75.1 Å². The predicted octanol–water partition coefficient (Wildman–Crippen LogP) is 5.53. The maximum atomic E-state index is 11.6. The molecule has 30 heavy (non-hydrogen) atoms. The van der Waals surface area contributed by atoms with Gasteiger partial charge in [-0.2, -0.15) is 0 Å². The van der Waals surface area contributed by atoms with E-state index in [-0.39, 0.29) is 0 Å². The van der Waals surface area contributed by atoms with Crippen LogP contribution in [0.25, 0.3) is 21.9 Å². The Morgan fingerprint density at radius 1 is 1.07 bits per heavy atom. The minimum absolute atomic E-state index is 0.454. The molecule has 1 amide bonds. The summed E-state index contributed by atoms with van der Waals surface area (Å²) in [4.78, 5) is 16.7. The number of likely N-dealkylation sites (N-methyl/N-ethyl adjacent to an activating group) is 1. The lowest BCUT2D eigenvalue weighted by Crippen LogP contribution is -2.32. The highest BCUT2D eigenvalue weighted by molar-refractivity contribution is 7.97. The van der Waals surface area contributed by atoms with Gasteiger partial charge in [-0.25, -0.2) is 0 Å². The largest absolute Gasteiger partial charge is 0.456 e. The number of hydrogen-bond acceptors (Lipinski definition) is 5. The van der Waals surface area contributed by atoms with Crippen molar-refractivity contribution in [2.24, 2.45) is 5.92 Å². The zero-order valence-electron chi connectivity index (χ0n) is 18.6. The van der Waals surface area contributed by atoms with E-state index in [0.717, 1.165) is 53.5 Å². The number of fused-ring (bicyclic) bond motifs is 3. The van der Waals surface area contributed by atoms with E-state index >= 15 is 0 Å². The lowest BCUT2D eigenvalue weighted by molar-refractivity contribution is -0.107. The van der Waals surface area contributed by atoms with Crippen molar-refractivity contribution in [3.8, 4) is 0 Å². The summed E-state index contributed by atoms with van der Waals surface area (Å²) in [5.41, 5.74) is 2.53. The predicted molar refractivity (Wildman–Crippen MR) is 128 cm³/mol. The fourth-order valence-corrected chi connectivity index (χ4v) is 4.34. The van der Waals surface area contributed by atoms with Crippen molar-refractivity contribution in [3.05, 3.63) is 36.4 Å². The number of amides is 1. The van der Waals surface area contributed by atoms with Crippen molar-refractivity contribution in [1.82, 2.24) is 9.62 Å². The molecule has 3 rings (SSSR count). The number of nitrogens with zero attached hydrogens (tertiary/aromatic N) is 2. The molecule has 0 saturated heterocycles. The van der Waals surface area contributed by atoms with Crippen LogP contribution in [0.4, 0.5) is 5.69 Å². The molecule has 1 atom stereocenters. The lowest BCUT2D eigenvalue weighted by Gasteiger charge is -2.21. The zero-order valence-corrected chi connectivity index (χ0v) is 19.5. The average Bonchev–Trinajstić information content (AvgIpc) is 3.09. The fourth-order valence-electron chi connectivity index (χ4n) is 3.59. The fraction of sp³-hybridized carbons (Fsp3) is 0.458. The first-order valence-electron chi connectivity index (χ1n) is 10.7. The summed E-state index contributed by atoms with van der Waals surface area (Å²) in [7, 11) is 2.06. The number of nitrogens with one attached hydrogen (secondary N) is 1. The molecule has 0 radical (unpaired) electrons. The van der Waals surface area contributed by atoms with Crippen LogP contribution in [0.3, 0.4) is 0 Å². The van der Waals surface area contributed by atoms with E-state index in [4.69, 9.17) is 4.42 Å². The van der Waals surface area contributed by atoms with Crippen LogP contribution in [-0.2, 0) is 4.79 Å². The molecule has 0 aliphatic heterocycles. The van der Waals surface area contributed by atoms with Crippen LogP contribution < -0.4 is 9.62 Å². The van der Waals surface area contributed by atoms with Crippen molar-refractivity contribution in [1.29, 1.82) is 0 Å². The van der Waals surface area contributed by atoms with Crippen molar-refractivity contribution in [2.45, 2.75) is 45.1 Å². The summed E-state index contributed by atoms with van der Waals surface area (Å²) in [6.07, 6.45) is 2.04. The molecule has 0 fully saturated rings. The molecule has 0 spiro atoms. The molecule has 1 heterocycles. The van der Waals surface area contributed by atoms with Crippen LogP contribution in [0.1, 0.15) is 34.1 Å². The Balaban J connectivity index is 1.80. The molecule has 2 aromatic carbocycles. The van der Waals surface area contributed by atoms with E-state index in [2.05, 4.69) is 62.6 Å². The highest BCUT2D eigenvalue weighted by atomic mass is 32.2. The minimum atomic E-state index is 0.454. The average molecular weight is 428 g/mol. The number of rotatable bonds is 11. The van der Waals surface area contributed by atoms with Crippen LogP contribution in [0.15, 0.2) is 45.7 Å². The maximum absolute atomic E-state index is 11.6. The van der Waals surface area contributed by atoms with Gasteiger partial charge in [-0.1, -0.05) is 20.8 Å². The van der Waals surface area contributed by atoms with Crippen LogP contribution in [0, 0.1) is 5.92 Å². The molecule has 0 saturated carbocycles. The first-order valence-corrected chi connectivity index (χ1v) is 11.5. The molecule has 5 nitrogen and oxygen atoms in total. The van der Waals surface area contributed by atoms with Gasteiger partial charge < -0.3 is 14.2 Å². The summed E-state index contributed by atoms with van der Waals surface area (Å²) < 4.78 is 9.62. The second-order valence-electron chi connectivity index (χ2n) is 8.39. The smallest absolute Gasteiger partial charge is 0.214 e. The summed E-state index contributed by atoms with van der Waals surface area (Å²) in [6.45, 7) is 11.3. The summed E-state index contributed by atoms with van der Waals surface area (Å²) in [5.74, 6) is 0.677. The lowest BCUT2D eigenvalue weighted by atomic mass is 10.1. The maximum Gasteiger partial charge on any atom is 0.214 e. The molecule has 1 N–H and O–H groups in total. The highest BCUT2D eigenvalue weighted by Gasteiger charge is 2.13. The molecule has 1 aromatic heterocycles. The molecule has 0 aliphatic carbocycles.